The largest absolute Gasteiger partial charge is 0.469 e. The first kappa shape index (κ1) is 20.5. The van der Waals surface area contributed by atoms with Crippen molar-refractivity contribution in [1.29, 1.82) is 0 Å². The Hall–Kier alpha value is -1.59. The third kappa shape index (κ3) is 6.13. The Morgan fingerprint density at radius 1 is 1.12 bits per heavy atom. The number of carbonyl (C=O) groups excluding carboxylic acids is 2. The minimum Gasteiger partial charge on any atom is -0.469 e. The van der Waals surface area contributed by atoms with Gasteiger partial charge in [0.2, 0.25) is 0 Å². The number of benzene rings is 1. The van der Waals surface area contributed by atoms with Crippen LogP contribution in [0.4, 0.5) is 0 Å². The van der Waals surface area contributed by atoms with Crippen molar-refractivity contribution >= 4 is 24.3 Å². The van der Waals surface area contributed by atoms with Gasteiger partial charge in [-0.1, -0.05) is 12.1 Å². The molecule has 0 aromatic heterocycles. The molecule has 0 unspecified atom stereocenters. The van der Waals surface area contributed by atoms with Gasteiger partial charge in [-0.2, -0.15) is 0 Å². The Morgan fingerprint density at radius 2 is 1.75 bits per heavy atom. The Morgan fingerprint density at radius 3 is 2.29 bits per heavy atom. The molecule has 0 radical (unpaired) electrons. The van der Waals surface area contributed by atoms with Gasteiger partial charge in [-0.25, -0.2) is 0 Å². The van der Waals surface area contributed by atoms with E-state index < -0.39 is 0 Å². The number of nitrogens with two attached hydrogens (primary N) is 1. The number of aryl methyl sites for hydroxylation is 1. The van der Waals surface area contributed by atoms with Gasteiger partial charge in [0.25, 0.3) is 0 Å². The number of esters is 2. The lowest BCUT2D eigenvalue weighted by Crippen LogP contribution is -2.28. The van der Waals surface area contributed by atoms with Crippen molar-refractivity contribution in [3.05, 3.63) is 29.8 Å². The van der Waals surface area contributed by atoms with Gasteiger partial charge < -0.3 is 15.2 Å². The number of methoxy groups -OCH3 is 1. The van der Waals surface area contributed by atoms with Crippen LogP contribution in [0, 0.1) is 11.8 Å². The summed E-state index contributed by atoms with van der Waals surface area (Å²) < 4.78 is 10.1. The topological polar surface area (TPSA) is 78.6 Å². The minimum atomic E-state index is -0.228. The van der Waals surface area contributed by atoms with Crippen molar-refractivity contribution in [2.75, 3.05) is 13.7 Å². The minimum absolute atomic E-state index is 0. The van der Waals surface area contributed by atoms with Crippen molar-refractivity contribution in [2.24, 2.45) is 17.6 Å². The number of hydrogen-bond donors (Lipinski definition) is 1. The molecule has 6 heteroatoms. The van der Waals surface area contributed by atoms with E-state index in [1.165, 1.54) is 7.11 Å². The van der Waals surface area contributed by atoms with E-state index in [-0.39, 0.29) is 30.3 Å². The second kappa shape index (κ2) is 10.3. The number of rotatable bonds is 6. The Bertz CT molecular complexity index is 524. The molecule has 0 saturated heterocycles. The third-order valence-electron chi connectivity index (χ3n) is 4.50. The average Bonchev–Trinajstić information content (AvgIpc) is 2.60. The average molecular weight is 356 g/mol. The first-order chi connectivity index (χ1) is 11.1. The smallest absolute Gasteiger partial charge is 0.314 e. The zero-order valence-electron chi connectivity index (χ0n) is 14.0. The van der Waals surface area contributed by atoms with Crippen LogP contribution in [-0.2, 0) is 20.7 Å². The zero-order valence-corrected chi connectivity index (χ0v) is 14.8. The van der Waals surface area contributed by atoms with Crippen LogP contribution in [0.5, 0.6) is 5.75 Å². The molecule has 134 valence electrons. The Labute approximate surface area is 149 Å². The van der Waals surface area contributed by atoms with E-state index in [0.717, 1.165) is 31.2 Å². The molecule has 0 amide bonds. The van der Waals surface area contributed by atoms with Crippen molar-refractivity contribution in [1.82, 2.24) is 0 Å². The van der Waals surface area contributed by atoms with Crippen molar-refractivity contribution < 1.29 is 19.1 Å². The van der Waals surface area contributed by atoms with Gasteiger partial charge in [-0.15, -0.1) is 12.4 Å². The summed E-state index contributed by atoms with van der Waals surface area (Å²) in [6.07, 6.45) is 4.69. The predicted octanol–water partition coefficient (Wildman–Crippen LogP) is 2.88. The number of hydrogen-bond acceptors (Lipinski definition) is 5. The maximum absolute atomic E-state index is 12.2. The molecule has 5 nitrogen and oxygen atoms in total. The molecule has 1 aliphatic rings. The molecule has 1 aromatic carbocycles. The molecule has 0 aliphatic heterocycles. The normalized spacial score (nSPS) is 19.9. The van der Waals surface area contributed by atoms with Crippen LogP contribution in [0.2, 0.25) is 0 Å². The molecule has 1 fully saturated rings. The molecule has 1 saturated carbocycles. The quantitative estimate of drug-likeness (QED) is 0.627. The van der Waals surface area contributed by atoms with E-state index in [1.807, 2.05) is 12.1 Å². The van der Waals surface area contributed by atoms with Crippen LogP contribution in [-0.4, -0.2) is 25.6 Å². The van der Waals surface area contributed by atoms with Crippen LogP contribution >= 0.6 is 12.4 Å². The number of carbonyl (C=O) groups is 2. The zero-order chi connectivity index (χ0) is 16.7. The summed E-state index contributed by atoms with van der Waals surface area (Å²) >= 11 is 0. The maximum Gasteiger partial charge on any atom is 0.314 e. The third-order valence-corrected chi connectivity index (χ3v) is 4.50. The molecule has 0 bridgehead atoms. The highest BCUT2D eigenvalue weighted by Gasteiger charge is 2.27. The lowest BCUT2D eigenvalue weighted by atomic mass is 9.82. The second-order valence-electron chi connectivity index (χ2n) is 6.09. The van der Waals surface area contributed by atoms with Crippen molar-refractivity contribution in [3.8, 4) is 5.75 Å². The first-order valence-corrected chi connectivity index (χ1v) is 8.20. The molecule has 0 spiro atoms. The van der Waals surface area contributed by atoms with Gasteiger partial charge >= 0.3 is 11.9 Å². The highest BCUT2D eigenvalue weighted by atomic mass is 35.5. The molecule has 0 atom stereocenters. The van der Waals surface area contributed by atoms with Gasteiger partial charge in [-0.05, 0) is 62.3 Å². The van der Waals surface area contributed by atoms with Crippen LogP contribution < -0.4 is 10.5 Å². The van der Waals surface area contributed by atoms with E-state index in [9.17, 15) is 9.59 Å². The van der Waals surface area contributed by atoms with Gasteiger partial charge in [0.1, 0.15) is 5.75 Å². The fourth-order valence-corrected chi connectivity index (χ4v) is 2.91. The van der Waals surface area contributed by atoms with Crippen molar-refractivity contribution in [3.63, 3.8) is 0 Å². The lowest BCUT2D eigenvalue weighted by molar-refractivity contribution is -0.141. The molecular weight excluding hydrogens is 330 g/mol. The van der Waals surface area contributed by atoms with Gasteiger partial charge in [0, 0.05) is 6.42 Å². The Balaban J connectivity index is 0.00000288. The van der Waals surface area contributed by atoms with E-state index >= 15 is 0 Å². The summed E-state index contributed by atoms with van der Waals surface area (Å²) in [6, 6.07) is 7.29. The molecule has 2 rings (SSSR count). The van der Waals surface area contributed by atoms with Crippen LogP contribution in [0.25, 0.3) is 0 Å². The van der Waals surface area contributed by atoms with E-state index in [0.29, 0.717) is 31.1 Å². The SMILES string of the molecule is COC(=O)CCc1ccc(OC(=O)[C@H]2CC[C@H](CN)CC2)cc1.Cl. The molecular formula is C18H26ClNO4. The molecule has 2 N–H and O–H groups in total. The first-order valence-electron chi connectivity index (χ1n) is 8.20. The summed E-state index contributed by atoms with van der Waals surface area (Å²) in [5, 5.41) is 0. The standard InChI is InChI=1S/C18H25NO4.ClH/c1-22-17(20)11-6-13-4-9-16(10-5-13)23-18(21)15-7-2-14(12-19)3-8-15;/h4-5,9-10,14-15H,2-3,6-8,11-12,19H2,1H3;1H/t14-,15-;. The second-order valence-corrected chi connectivity index (χ2v) is 6.09. The van der Waals surface area contributed by atoms with Gasteiger partial charge in [-0.3, -0.25) is 9.59 Å². The van der Waals surface area contributed by atoms with Gasteiger partial charge in [0.05, 0.1) is 13.0 Å². The molecule has 24 heavy (non-hydrogen) atoms. The van der Waals surface area contributed by atoms with Crippen LogP contribution in [0.1, 0.15) is 37.7 Å². The van der Waals surface area contributed by atoms with Crippen LogP contribution in [0.3, 0.4) is 0 Å². The lowest BCUT2D eigenvalue weighted by Gasteiger charge is -2.26. The fraction of sp³-hybridized carbons (Fsp3) is 0.556. The number of halogens is 1. The molecule has 1 aromatic rings. The van der Waals surface area contributed by atoms with E-state index in [1.54, 1.807) is 12.1 Å². The highest BCUT2D eigenvalue weighted by molar-refractivity contribution is 5.85. The van der Waals surface area contributed by atoms with E-state index in [2.05, 4.69) is 4.74 Å². The summed E-state index contributed by atoms with van der Waals surface area (Å²) in [4.78, 5) is 23.3. The van der Waals surface area contributed by atoms with Crippen molar-refractivity contribution in [2.45, 2.75) is 38.5 Å². The summed E-state index contributed by atoms with van der Waals surface area (Å²) in [6.45, 7) is 0.703. The maximum atomic E-state index is 12.2. The summed E-state index contributed by atoms with van der Waals surface area (Å²) in [5.41, 5.74) is 6.68. The predicted molar refractivity (Wildman–Crippen MR) is 94.2 cm³/mol. The van der Waals surface area contributed by atoms with Gasteiger partial charge in [0.15, 0.2) is 0 Å². The Kier molecular flexibility index (Phi) is 8.79. The molecule has 1 aliphatic carbocycles. The molecule has 0 heterocycles. The monoisotopic (exact) mass is 355 g/mol. The summed E-state index contributed by atoms with van der Waals surface area (Å²) in [7, 11) is 1.38. The number of ether oxygens (including phenoxy) is 2. The fourth-order valence-electron chi connectivity index (χ4n) is 2.91. The van der Waals surface area contributed by atoms with E-state index in [4.69, 9.17) is 10.5 Å². The highest BCUT2D eigenvalue weighted by Crippen LogP contribution is 2.29. The summed E-state index contributed by atoms with van der Waals surface area (Å²) in [5.74, 6) is 0.707. The van der Waals surface area contributed by atoms with Crippen LogP contribution in [0.15, 0.2) is 24.3 Å².